The topological polar surface area (TPSA) is 36.5 Å². The number of hydrogen-bond acceptors (Lipinski definition) is 4. The molecular formula is C21H23Cl2N3O. The summed E-state index contributed by atoms with van der Waals surface area (Å²) in [5.41, 5.74) is 4.67. The van der Waals surface area contributed by atoms with Gasteiger partial charge in [0.05, 0.1) is 5.69 Å². The van der Waals surface area contributed by atoms with E-state index in [1.807, 2.05) is 18.2 Å². The molecule has 27 heavy (non-hydrogen) atoms. The van der Waals surface area contributed by atoms with Gasteiger partial charge in [-0.15, -0.1) is 0 Å². The first-order chi connectivity index (χ1) is 13.2. The van der Waals surface area contributed by atoms with Gasteiger partial charge in [0, 0.05) is 59.8 Å². The largest absolute Gasteiger partial charge is 0.487 e. The molecule has 0 spiro atoms. The second kappa shape index (κ2) is 7.17. The molecule has 2 fully saturated rings. The van der Waals surface area contributed by atoms with Gasteiger partial charge in [0.1, 0.15) is 11.9 Å². The fourth-order valence-corrected chi connectivity index (χ4v) is 5.01. The van der Waals surface area contributed by atoms with Gasteiger partial charge in [0.2, 0.25) is 0 Å². The number of ether oxygens (including phenoxy) is 1. The molecule has 0 amide bonds. The van der Waals surface area contributed by atoms with Crippen molar-refractivity contribution in [3.8, 4) is 16.9 Å². The number of halogens is 2. The Bertz CT molecular complexity index is 867. The molecule has 1 unspecified atom stereocenters. The van der Waals surface area contributed by atoms with E-state index in [1.54, 1.807) is 0 Å². The highest BCUT2D eigenvalue weighted by molar-refractivity contribution is 6.36. The van der Waals surface area contributed by atoms with Crippen molar-refractivity contribution >= 4 is 28.9 Å². The van der Waals surface area contributed by atoms with E-state index < -0.39 is 0 Å². The monoisotopic (exact) mass is 403 g/mol. The second-order valence-electron chi connectivity index (χ2n) is 7.53. The number of anilines is 1. The highest BCUT2D eigenvalue weighted by Gasteiger charge is 2.39. The normalized spacial score (nSPS) is 24.3. The predicted molar refractivity (Wildman–Crippen MR) is 112 cm³/mol. The van der Waals surface area contributed by atoms with E-state index in [1.165, 1.54) is 11.3 Å². The lowest BCUT2D eigenvalue weighted by atomic mass is 9.88. The number of benzene rings is 2. The number of piperazine rings is 1. The van der Waals surface area contributed by atoms with Gasteiger partial charge in [-0.1, -0.05) is 29.3 Å². The first kappa shape index (κ1) is 17.6. The van der Waals surface area contributed by atoms with Crippen molar-refractivity contribution in [3.05, 3.63) is 45.9 Å². The number of piperidine rings is 1. The Morgan fingerprint density at radius 2 is 1.85 bits per heavy atom. The van der Waals surface area contributed by atoms with Crippen molar-refractivity contribution in [3.63, 3.8) is 0 Å². The van der Waals surface area contributed by atoms with Crippen LogP contribution in [0.25, 0.3) is 11.1 Å². The van der Waals surface area contributed by atoms with Gasteiger partial charge in [0.15, 0.2) is 0 Å². The van der Waals surface area contributed by atoms with Crippen molar-refractivity contribution in [1.82, 2.24) is 10.6 Å². The average Bonchev–Trinajstić information content (AvgIpc) is 3.07. The molecule has 2 saturated heterocycles. The van der Waals surface area contributed by atoms with Crippen LogP contribution in [-0.2, 0) is 0 Å². The number of hydrogen-bond donors (Lipinski definition) is 2. The molecule has 2 aromatic carbocycles. The summed E-state index contributed by atoms with van der Waals surface area (Å²) >= 11 is 12.7. The molecule has 0 aliphatic carbocycles. The Morgan fingerprint density at radius 3 is 2.67 bits per heavy atom. The number of rotatable bonds is 2. The van der Waals surface area contributed by atoms with Crippen molar-refractivity contribution in [2.24, 2.45) is 0 Å². The zero-order valence-electron chi connectivity index (χ0n) is 15.1. The van der Waals surface area contributed by atoms with Gasteiger partial charge in [0.25, 0.3) is 0 Å². The molecule has 2 atom stereocenters. The van der Waals surface area contributed by atoms with Gasteiger partial charge < -0.3 is 20.3 Å². The summed E-state index contributed by atoms with van der Waals surface area (Å²) in [6.07, 6.45) is 1.33. The van der Waals surface area contributed by atoms with Crippen molar-refractivity contribution < 1.29 is 4.74 Å². The van der Waals surface area contributed by atoms with Gasteiger partial charge >= 0.3 is 0 Å². The van der Waals surface area contributed by atoms with E-state index in [0.29, 0.717) is 16.0 Å². The van der Waals surface area contributed by atoms with Crippen LogP contribution in [0.5, 0.6) is 5.75 Å². The Kier molecular flexibility index (Phi) is 4.68. The Morgan fingerprint density at radius 1 is 1.00 bits per heavy atom. The molecule has 0 aromatic heterocycles. The molecule has 0 bridgehead atoms. The quantitative estimate of drug-likeness (QED) is 0.796. The third kappa shape index (κ3) is 3.19. The van der Waals surface area contributed by atoms with E-state index in [2.05, 4.69) is 27.7 Å². The van der Waals surface area contributed by atoms with Crippen molar-refractivity contribution in [2.75, 3.05) is 44.2 Å². The summed E-state index contributed by atoms with van der Waals surface area (Å²) in [5, 5.41) is 8.31. The average molecular weight is 404 g/mol. The highest BCUT2D eigenvalue weighted by Crippen LogP contribution is 2.49. The minimum absolute atomic E-state index is 0.277. The molecule has 6 heteroatoms. The van der Waals surface area contributed by atoms with E-state index >= 15 is 0 Å². The molecule has 2 N–H and O–H groups in total. The maximum atomic E-state index is 6.54. The molecule has 3 heterocycles. The van der Waals surface area contributed by atoms with Gasteiger partial charge in [-0.3, -0.25) is 0 Å². The first-order valence-corrected chi connectivity index (χ1v) is 10.4. The third-order valence-corrected chi connectivity index (χ3v) is 6.43. The number of fused-ring (bicyclic) bond motifs is 3. The minimum Gasteiger partial charge on any atom is -0.487 e. The van der Waals surface area contributed by atoms with Gasteiger partial charge in [-0.2, -0.15) is 0 Å². The van der Waals surface area contributed by atoms with Crippen molar-refractivity contribution in [1.29, 1.82) is 0 Å². The van der Waals surface area contributed by atoms with Crippen LogP contribution in [0.3, 0.4) is 0 Å². The lowest BCUT2D eigenvalue weighted by molar-refractivity contribution is 0.172. The van der Waals surface area contributed by atoms with Gasteiger partial charge in [-0.05, 0) is 42.8 Å². The molecule has 142 valence electrons. The van der Waals surface area contributed by atoms with E-state index in [9.17, 15) is 0 Å². The second-order valence-corrected chi connectivity index (χ2v) is 8.37. The molecular weight excluding hydrogens is 381 g/mol. The van der Waals surface area contributed by atoms with Crippen LogP contribution < -0.4 is 20.3 Å². The maximum Gasteiger partial charge on any atom is 0.146 e. The third-order valence-electron chi connectivity index (χ3n) is 5.89. The van der Waals surface area contributed by atoms with Gasteiger partial charge in [-0.25, -0.2) is 0 Å². The fourth-order valence-electron chi connectivity index (χ4n) is 4.50. The van der Waals surface area contributed by atoms with Crippen LogP contribution in [0, 0.1) is 0 Å². The standard InChI is InChI=1S/C21H23Cl2N3O/c22-14-1-2-15(18(23)11-14)13-9-16-17-12-25-4-3-20(17)27-21(16)19(10-13)26-7-5-24-6-8-26/h1-2,9-11,17,20,24-25H,3-8,12H2/t17-,20?/m0/s1. The number of nitrogens with zero attached hydrogens (tertiary/aromatic N) is 1. The molecule has 3 aliphatic heterocycles. The van der Waals surface area contributed by atoms with Crippen LogP contribution in [0.4, 0.5) is 5.69 Å². The van der Waals surface area contributed by atoms with E-state index in [4.69, 9.17) is 27.9 Å². The Balaban J connectivity index is 1.64. The lowest BCUT2D eigenvalue weighted by Gasteiger charge is -2.31. The molecule has 2 aromatic rings. The summed E-state index contributed by atoms with van der Waals surface area (Å²) in [5.74, 6) is 1.48. The molecule has 0 saturated carbocycles. The lowest BCUT2D eigenvalue weighted by Crippen LogP contribution is -2.43. The van der Waals surface area contributed by atoms with Crippen LogP contribution in [0.2, 0.25) is 10.0 Å². The Hall–Kier alpha value is -1.46. The summed E-state index contributed by atoms with van der Waals surface area (Å²) < 4.78 is 6.48. The van der Waals surface area contributed by atoms with E-state index in [0.717, 1.165) is 62.6 Å². The van der Waals surface area contributed by atoms with E-state index in [-0.39, 0.29) is 6.10 Å². The molecule has 3 aliphatic rings. The smallest absolute Gasteiger partial charge is 0.146 e. The molecule has 5 rings (SSSR count). The molecule has 0 radical (unpaired) electrons. The SMILES string of the molecule is Clc1ccc(-c2cc3c(c(N4CCNCC4)c2)OC2CCNC[C@@H]32)c(Cl)c1. The summed E-state index contributed by atoms with van der Waals surface area (Å²) in [4.78, 5) is 2.44. The first-order valence-electron chi connectivity index (χ1n) is 9.67. The van der Waals surface area contributed by atoms with Crippen LogP contribution in [-0.4, -0.2) is 45.4 Å². The highest BCUT2D eigenvalue weighted by atomic mass is 35.5. The predicted octanol–water partition coefficient (Wildman–Crippen LogP) is 3.91. The van der Waals surface area contributed by atoms with Crippen molar-refractivity contribution in [2.45, 2.75) is 18.4 Å². The zero-order chi connectivity index (χ0) is 18.4. The molecule has 4 nitrogen and oxygen atoms in total. The van der Waals surface area contributed by atoms with Crippen LogP contribution in [0.1, 0.15) is 17.9 Å². The maximum absolute atomic E-state index is 6.54. The minimum atomic E-state index is 0.277. The van der Waals surface area contributed by atoms with Crippen LogP contribution >= 0.6 is 23.2 Å². The summed E-state index contributed by atoms with van der Waals surface area (Å²) in [6, 6.07) is 10.2. The Labute approximate surface area is 169 Å². The summed E-state index contributed by atoms with van der Waals surface area (Å²) in [7, 11) is 0. The summed E-state index contributed by atoms with van der Waals surface area (Å²) in [6.45, 7) is 5.96. The fraction of sp³-hybridized carbons (Fsp3) is 0.429. The number of nitrogens with one attached hydrogen (secondary N) is 2. The zero-order valence-corrected chi connectivity index (χ0v) is 16.6. The van der Waals surface area contributed by atoms with Crippen LogP contribution in [0.15, 0.2) is 30.3 Å².